The van der Waals surface area contributed by atoms with Crippen molar-refractivity contribution in [2.75, 3.05) is 28.4 Å². The molecule has 0 saturated heterocycles. The molecule has 0 heterocycles. The molecule has 0 aliphatic rings. The van der Waals surface area contributed by atoms with Crippen LogP contribution in [0.15, 0.2) is 47.5 Å². The van der Waals surface area contributed by atoms with E-state index in [4.69, 9.17) is 14.2 Å². The van der Waals surface area contributed by atoms with Gasteiger partial charge in [-0.15, -0.1) is 0 Å². The van der Waals surface area contributed by atoms with Crippen LogP contribution in [0.4, 0.5) is 0 Å². The van der Waals surface area contributed by atoms with Crippen molar-refractivity contribution < 1.29 is 14.2 Å². The Hall–Kier alpha value is -2.89. The van der Waals surface area contributed by atoms with Crippen molar-refractivity contribution in [2.45, 2.75) is 13.1 Å². The number of ether oxygens (including phenoxy) is 3. The quantitative estimate of drug-likeness (QED) is 0.598. The average molecular weight is 343 g/mol. The normalized spacial score (nSPS) is 11.0. The van der Waals surface area contributed by atoms with Crippen LogP contribution in [0, 0.1) is 0 Å². The van der Waals surface area contributed by atoms with E-state index in [2.05, 4.69) is 27.8 Å². The van der Waals surface area contributed by atoms with Gasteiger partial charge in [0.1, 0.15) is 17.2 Å². The lowest BCUT2D eigenvalue weighted by molar-refractivity contribution is 0.368. The number of nitrogens with zero attached hydrogens (tertiary/aromatic N) is 1. The highest BCUT2D eigenvalue weighted by Gasteiger charge is 2.13. The minimum atomic E-state index is 0.505. The Labute approximate surface area is 148 Å². The van der Waals surface area contributed by atoms with Crippen LogP contribution in [0.25, 0.3) is 0 Å². The number of hydrogen-bond acceptors (Lipinski definition) is 4. The van der Waals surface area contributed by atoms with Crippen molar-refractivity contribution in [1.29, 1.82) is 0 Å². The van der Waals surface area contributed by atoms with Gasteiger partial charge in [0.05, 0.1) is 33.4 Å². The topological polar surface area (TPSA) is 64.1 Å². The molecule has 0 radical (unpaired) electrons. The Balaban J connectivity index is 2.05. The van der Waals surface area contributed by atoms with Crippen LogP contribution in [0.5, 0.6) is 17.2 Å². The molecule has 2 N–H and O–H groups in total. The molecular formula is C19H25N3O3. The Bertz CT molecular complexity index is 677. The minimum Gasteiger partial charge on any atom is -0.496 e. The van der Waals surface area contributed by atoms with Crippen molar-refractivity contribution in [3.05, 3.63) is 53.6 Å². The van der Waals surface area contributed by atoms with E-state index in [-0.39, 0.29) is 0 Å². The van der Waals surface area contributed by atoms with Crippen molar-refractivity contribution in [2.24, 2.45) is 4.99 Å². The van der Waals surface area contributed by atoms with Crippen LogP contribution in [0.1, 0.15) is 11.1 Å². The van der Waals surface area contributed by atoms with Gasteiger partial charge in [-0.25, -0.2) is 0 Å². The first-order chi connectivity index (χ1) is 12.2. The van der Waals surface area contributed by atoms with Crippen molar-refractivity contribution >= 4 is 5.96 Å². The number of methoxy groups -OCH3 is 3. The fourth-order valence-corrected chi connectivity index (χ4v) is 2.43. The van der Waals surface area contributed by atoms with Gasteiger partial charge >= 0.3 is 0 Å². The summed E-state index contributed by atoms with van der Waals surface area (Å²) in [6.45, 7) is 1.20. The van der Waals surface area contributed by atoms with E-state index in [1.807, 2.05) is 30.3 Å². The second kappa shape index (κ2) is 9.42. The highest BCUT2D eigenvalue weighted by molar-refractivity contribution is 5.79. The Morgan fingerprint density at radius 3 is 2.00 bits per heavy atom. The third kappa shape index (κ3) is 5.04. The molecule has 2 aromatic carbocycles. The number of aliphatic imine (C=N–C) groups is 1. The largest absolute Gasteiger partial charge is 0.496 e. The summed E-state index contributed by atoms with van der Waals surface area (Å²) in [4.78, 5) is 4.25. The monoisotopic (exact) mass is 343 g/mol. The third-order valence-electron chi connectivity index (χ3n) is 3.78. The molecule has 25 heavy (non-hydrogen) atoms. The molecule has 0 saturated carbocycles. The SMILES string of the molecule is CN=C(NCc1ccccc1)NCc1c(OC)cc(OC)cc1OC. The molecule has 6 nitrogen and oxygen atoms in total. The molecule has 2 aromatic rings. The summed E-state index contributed by atoms with van der Waals surface area (Å²) in [5.74, 6) is 2.78. The van der Waals surface area contributed by atoms with E-state index >= 15 is 0 Å². The molecule has 0 unspecified atom stereocenters. The van der Waals surface area contributed by atoms with E-state index in [1.165, 1.54) is 5.56 Å². The molecule has 0 aliphatic carbocycles. The van der Waals surface area contributed by atoms with Crippen LogP contribution in [0.2, 0.25) is 0 Å². The number of nitrogens with one attached hydrogen (secondary N) is 2. The Morgan fingerprint density at radius 1 is 0.880 bits per heavy atom. The van der Waals surface area contributed by atoms with Gasteiger partial charge in [0.25, 0.3) is 0 Å². The van der Waals surface area contributed by atoms with Gasteiger partial charge in [-0.1, -0.05) is 30.3 Å². The smallest absolute Gasteiger partial charge is 0.191 e. The lowest BCUT2D eigenvalue weighted by Crippen LogP contribution is -2.36. The van der Waals surface area contributed by atoms with E-state index in [0.29, 0.717) is 36.3 Å². The van der Waals surface area contributed by atoms with Gasteiger partial charge in [-0.3, -0.25) is 4.99 Å². The van der Waals surface area contributed by atoms with Gasteiger partial charge in [-0.05, 0) is 5.56 Å². The summed E-state index contributed by atoms with van der Waals surface area (Å²) >= 11 is 0. The van der Waals surface area contributed by atoms with Gasteiger partial charge in [0.15, 0.2) is 5.96 Å². The zero-order valence-electron chi connectivity index (χ0n) is 15.1. The third-order valence-corrected chi connectivity index (χ3v) is 3.78. The van der Waals surface area contributed by atoms with Crippen LogP contribution in [-0.4, -0.2) is 34.3 Å². The molecule has 0 bridgehead atoms. The summed E-state index contributed by atoms with van der Waals surface area (Å²) < 4.78 is 16.2. The summed E-state index contributed by atoms with van der Waals surface area (Å²) in [6.07, 6.45) is 0. The number of guanidine groups is 1. The van der Waals surface area contributed by atoms with Gasteiger partial charge in [0, 0.05) is 25.7 Å². The molecule has 0 fully saturated rings. The fraction of sp³-hybridized carbons (Fsp3) is 0.316. The first-order valence-electron chi connectivity index (χ1n) is 7.99. The molecule has 6 heteroatoms. The second-order valence-corrected chi connectivity index (χ2v) is 5.28. The molecule has 134 valence electrons. The zero-order valence-corrected chi connectivity index (χ0v) is 15.1. The van der Waals surface area contributed by atoms with E-state index in [1.54, 1.807) is 28.4 Å². The first-order valence-corrected chi connectivity index (χ1v) is 7.99. The van der Waals surface area contributed by atoms with Gasteiger partial charge in [-0.2, -0.15) is 0 Å². The predicted molar refractivity (Wildman–Crippen MR) is 99.6 cm³/mol. The maximum Gasteiger partial charge on any atom is 0.191 e. The summed E-state index contributed by atoms with van der Waals surface area (Å²) in [5, 5.41) is 6.57. The van der Waals surface area contributed by atoms with Crippen LogP contribution in [-0.2, 0) is 13.1 Å². The highest BCUT2D eigenvalue weighted by Crippen LogP contribution is 2.33. The standard InChI is InChI=1S/C19H25N3O3/c1-20-19(21-12-14-8-6-5-7-9-14)22-13-16-17(24-3)10-15(23-2)11-18(16)25-4/h5-11H,12-13H2,1-4H3,(H2,20,21,22). The van der Waals surface area contributed by atoms with Crippen molar-refractivity contribution in [3.63, 3.8) is 0 Å². The number of benzene rings is 2. The van der Waals surface area contributed by atoms with Crippen LogP contribution >= 0.6 is 0 Å². The lowest BCUT2D eigenvalue weighted by atomic mass is 10.1. The zero-order chi connectivity index (χ0) is 18.1. The van der Waals surface area contributed by atoms with Crippen LogP contribution < -0.4 is 24.8 Å². The second-order valence-electron chi connectivity index (χ2n) is 5.28. The molecule has 0 amide bonds. The summed E-state index contributed by atoms with van der Waals surface area (Å²) in [5.41, 5.74) is 2.08. The number of hydrogen-bond donors (Lipinski definition) is 2. The van der Waals surface area contributed by atoms with Gasteiger partial charge < -0.3 is 24.8 Å². The maximum absolute atomic E-state index is 5.47. The van der Waals surface area contributed by atoms with Crippen molar-refractivity contribution in [3.8, 4) is 17.2 Å². The summed E-state index contributed by atoms with van der Waals surface area (Å²) in [7, 11) is 6.60. The van der Waals surface area contributed by atoms with E-state index in [9.17, 15) is 0 Å². The molecule has 0 spiro atoms. The maximum atomic E-state index is 5.47. The van der Waals surface area contributed by atoms with E-state index in [0.717, 1.165) is 5.56 Å². The first kappa shape index (κ1) is 18.4. The predicted octanol–water partition coefficient (Wildman–Crippen LogP) is 2.58. The average Bonchev–Trinajstić information content (AvgIpc) is 2.68. The van der Waals surface area contributed by atoms with E-state index < -0.39 is 0 Å². The summed E-state index contributed by atoms with van der Waals surface area (Å²) in [6, 6.07) is 13.8. The highest BCUT2D eigenvalue weighted by atomic mass is 16.5. The molecule has 0 atom stereocenters. The Kier molecular flexibility index (Phi) is 6.95. The Morgan fingerprint density at radius 2 is 1.48 bits per heavy atom. The minimum absolute atomic E-state index is 0.505. The molecule has 0 aromatic heterocycles. The van der Waals surface area contributed by atoms with Crippen LogP contribution in [0.3, 0.4) is 0 Å². The molecule has 0 aliphatic heterocycles. The number of rotatable bonds is 7. The molecule has 2 rings (SSSR count). The van der Waals surface area contributed by atoms with Gasteiger partial charge in [0.2, 0.25) is 0 Å². The van der Waals surface area contributed by atoms with Crippen molar-refractivity contribution in [1.82, 2.24) is 10.6 Å². The molecular weight excluding hydrogens is 318 g/mol. The fourth-order valence-electron chi connectivity index (χ4n) is 2.43. The lowest BCUT2D eigenvalue weighted by Gasteiger charge is -2.17.